The molecule has 1 heterocycles. The van der Waals surface area contributed by atoms with Crippen LogP contribution in [-0.2, 0) is 16.4 Å². The van der Waals surface area contributed by atoms with Crippen LogP contribution in [0.3, 0.4) is 0 Å². The lowest BCUT2D eigenvalue weighted by Gasteiger charge is -2.18. The second-order valence-electron chi connectivity index (χ2n) is 7.88. The average Bonchev–Trinajstić information content (AvgIpc) is 3.12. The highest BCUT2D eigenvalue weighted by molar-refractivity contribution is 7.91. The van der Waals surface area contributed by atoms with Crippen LogP contribution in [-0.4, -0.2) is 32.3 Å². The molecule has 32 heavy (non-hydrogen) atoms. The fourth-order valence-electron chi connectivity index (χ4n) is 3.73. The molecule has 0 radical (unpaired) electrons. The van der Waals surface area contributed by atoms with Crippen molar-refractivity contribution in [2.24, 2.45) is 0 Å². The van der Waals surface area contributed by atoms with E-state index in [1.54, 1.807) is 47.4 Å². The van der Waals surface area contributed by atoms with Crippen molar-refractivity contribution in [1.82, 2.24) is 4.90 Å². The third kappa shape index (κ3) is 5.11. The number of sulfone groups is 1. The first-order chi connectivity index (χ1) is 15.2. The van der Waals surface area contributed by atoms with E-state index in [1.807, 2.05) is 12.2 Å². The average molecular weight is 458 g/mol. The Morgan fingerprint density at radius 1 is 0.875 bits per heavy atom. The molecule has 0 atom stereocenters. The first kappa shape index (κ1) is 22.3. The molecule has 3 aromatic carbocycles. The summed E-state index contributed by atoms with van der Waals surface area (Å²) in [6.07, 6.45) is 3.41. The number of rotatable bonds is 6. The zero-order chi connectivity index (χ0) is 22.8. The lowest BCUT2D eigenvalue weighted by atomic mass is 10.1. The molecule has 0 saturated carbocycles. The SMILES string of the molecule is O=S(=O)(c1ccc(/C=C/c2ccc(F)cc2)cc1)c1ccccc1CN1CCC(F)(F)C1. The summed E-state index contributed by atoms with van der Waals surface area (Å²) < 4.78 is 66.6. The van der Waals surface area contributed by atoms with Gasteiger partial charge in [0.15, 0.2) is 0 Å². The van der Waals surface area contributed by atoms with Crippen LogP contribution in [0.1, 0.15) is 23.1 Å². The van der Waals surface area contributed by atoms with E-state index in [0.29, 0.717) is 5.56 Å². The third-order valence-electron chi connectivity index (χ3n) is 5.43. The second kappa shape index (κ2) is 8.92. The van der Waals surface area contributed by atoms with Gasteiger partial charge in [-0.1, -0.05) is 54.6 Å². The third-order valence-corrected chi connectivity index (χ3v) is 7.30. The van der Waals surface area contributed by atoms with Crippen LogP contribution in [0.25, 0.3) is 12.2 Å². The van der Waals surface area contributed by atoms with Gasteiger partial charge in [-0.05, 0) is 47.0 Å². The normalized spacial score (nSPS) is 16.6. The van der Waals surface area contributed by atoms with Crippen molar-refractivity contribution < 1.29 is 21.6 Å². The number of halogens is 3. The van der Waals surface area contributed by atoms with E-state index in [4.69, 9.17) is 0 Å². The van der Waals surface area contributed by atoms with E-state index < -0.39 is 15.8 Å². The molecule has 1 aliphatic rings. The Morgan fingerprint density at radius 3 is 2.06 bits per heavy atom. The van der Waals surface area contributed by atoms with E-state index in [0.717, 1.165) is 11.1 Å². The van der Waals surface area contributed by atoms with Gasteiger partial charge in [0.1, 0.15) is 5.82 Å². The molecule has 0 aliphatic carbocycles. The van der Waals surface area contributed by atoms with Crippen LogP contribution in [0.4, 0.5) is 13.2 Å². The maximum absolute atomic E-state index is 13.5. The van der Waals surface area contributed by atoms with Crippen LogP contribution in [0.5, 0.6) is 0 Å². The topological polar surface area (TPSA) is 37.4 Å². The van der Waals surface area contributed by atoms with Gasteiger partial charge in [0.25, 0.3) is 5.92 Å². The molecule has 1 fully saturated rings. The largest absolute Gasteiger partial charge is 0.293 e. The van der Waals surface area contributed by atoms with Crippen LogP contribution in [0.15, 0.2) is 82.6 Å². The van der Waals surface area contributed by atoms with Gasteiger partial charge in [-0.2, -0.15) is 0 Å². The van der Waals surface area contributed by atoms with Crippen molar-refractivity contribution in [3.05, 3.63) is 95.3 Å². The summed E-state index contributed by atoms with van der Waals surface area (Å²) in [4.78, 5) is 1.85. The molecule has 0 N–H and O–H groups in total. The van der Waals surface area contributed by atoms with Crippen molar-refractivity contribution in [2.45, 2.75) is 28.7 Å². The summed E-state index contributed by atoms with van der Waals surface area (Å²) >= 11 is 0. The molecule has 3 aromatic rings. The molecule has 1 aliphatic heterocycles. The summed E-state index contributed by atoms with van der Waals surface area (Å²) in [5.41, 5.74) is 2.12. The Labute approximate surface area is 185 Å². The van der Waals surface area contributed by atoms with Crippen LogP contribution >= 0.6 is 0 Å². The second-order valence-corrected chi connectivity index (χ2v) is 9.80. The monoisotopic (exact) mass is 457 g/mol. The Morgan fingerprint density at radius 2 is 1.47 bits per heavy atom. The summed E-state index contributed by atoms with van der Waals surface area (Å²) in [6.45, 7) is 0.0242. The maximum atomic E-state index is 13.5. The molecular formula is C25H22F3NO2S. The van der Waals surface area contributed by atoms with Crippen LogP contribution in [0.2, 0.25) is 0 Å². The molecular weight excluding hydrogens is 435 g/mol. The summed E-state index contributed by atoms with van der Waals surface area (Å²) in [7, 11) is -3.81. The standard InChI is InChI=1S/C25H22F3NO2S/c26-22-11-7-19(8-12-22)5-6-20-9-13-23(14-10-20)32(30,31)24-4-2-1-3-21(24)17-29-16-15-25(27,28)18-29/h1-14H,15-18H2/b6-5+. The smallest absolute Gasteiger partial charge is 0.261 e. The van der Waals surface area contributed by atoms with Gasteiger partial charge in [0.2, 0.25) is 9.84 Å². The fourth-order valence-corrected chi connectivity index (χ4v) is 5.21. The number of likely N-dealkylation sites (tertiary alicyclic amines) is 1. The molecule has 166 valence electrons. The van der Waals surface area contributed by atoms with Crippen LogP contribution < -0.4 is 0 Å². The summed E-state index contributed by atoms with van der Waals surface area (Å²) in [6, 6.07) is 19.0. The summed E-state index contributed by atoms with van der Waals surface area (Å²) in [5, 5.41) is 0. The number of hydrogen-bond donors (Lipinski definition) is 0. The predicted molar refractivity (Wildman–Crippen MR) is 119 cm³/mol. The number of benzene rings is 3. The highest BCUT2D eigenvalue weighted by atomic mass is 32.2. The first-order valence-electron chi connectivity index (χ1n) is 10.2. The van der Waals surface area contributed by atoms with E-state index in [2.05, 4.69) is 0 Å². The minimum absolute atomic E-state index is 0.129. The van der Waals surface area contributed by atoms with Crippen molar-refractivity contribution in [3.8, 4) is 0 Å². The van der Waals surface area contributed by atoms with Crippen molar-refractivity contribution >= 4 is 22.0 Å². The van der Waals surface area contributed by atoms with Gasteiger partial charge in [-0.3, -0.25) is 4.90 Å². The molecule has 0 unspecified atom stereocenters. The lowest BCUT2D eigenvalue weighted by molar-refractivity contribution is 0.0114. The molecule has 0 bridgehead atoms. The van der Waals surface area contributed by atoms with Gasteiger partial charge >= 0.3 is 0 Å². The quantitative estimate of drug-likeness (QED) is 0.448. The van der Waals surface area contributed by atoms with Crippen LogP contribution in [0, 0.1) is 5.82 Å². The molecule has 0 aromatic heterocycles. The molecule has 0 amide bonds. The number of alkyl halides is 2. The van der Waals surface area contributed by atoms with Gasteiger partial charge in [0, 0.05) is 19.5 Å². The Hall–Kier alpha value is -2.90. The molecule has 1 saturated heterocycles. The van der Waals surface area contributed by atoms with Crippen molar-refractivity contribution in [3.63, 3.8) is 0 Å². The molecule has 7 heteroatoms. The van der Waals surface area contributed by atoms with E-state index in [1.165, 1.54) is 30.3 Å². The highest BCUT2D eigenvalue weighted by Gasteiger charge is 2.38. The lowest BCUT2D eigenvalue weighted by Crippen LogP contribution is -2.25. The number of nitrogens with zero attached hydrogens (tertiary/aromatic N) is 1. The van der Waals surface area contributed by atoms with Gasteiger partial charge < -0.3 is 0 Å². The predicted octanol–water partition coefficient (Wildman–Crippen LogP) is 5.67. The number of hydrogen-bond acceptors (Lipinski definition) is 3. The highest BCUT2D eigenvalue weighted by Crippen LogP contribution is 2.30. The maximum Gasteiger partial charge on any atom is 0.261 e. The van der Waals surface area contributed by atoms with E-state index >= 15 is 0 Å². The minimum atomic E-state index is -3.81. The van der Waals surface area contributed by atoms with E-state index in [9.17, 15) is 21.6 Å². The Bertz CT molecular complexity index is 1220. The van der Waals surface area contributed by atoms with Crippen molar-refractivity contribution in [2.75, 3.05) is 13.1 Å². The van der Waals surface area contributed by atoms with E-state index in [-0.39, 0.29) is 41.7 Å². The van der Waals surface area contributed by atoms with Gasteiger partial charge in [-0.25, -0.2) is 21.6 Å². The summed E-state index contributed by atoms with van der Waals surface area (Å²) in [5.74, 6) is -3.04. The zero-order valence-corrected chi connectivity index (χ0v) is 18.0. The molecule has 0 spiro atoms. The van der Waals surface area contributed by atoms with Gasteiger partial charge in [0.05, 0.1) is 16.3 Å². The van der Waals surface area contributed by atoms with Crippen molar-refractivity contribution in [1.29, 1.82) is 0 Å². The minimum Gasteiger partial charge on any atom is -0.293 e. The first-order valence-corrected chi connectivity index (χ1v) is 11.7. The molecule has 4 rings (SSSR count). The fraction of sp³-hybridized carbons (Fsp3) is 0.200. The van der Waals surface area contributed by atoms with Gasteiger partial charge in [-0.15, -0.1) is 0 Å². The molecule has 3 nitrogen and oxygen atoms in total. The zero-order valence-electron chi connectivity index (χ0n) is 17.2. The Balaban J connectivity index is 1.54. The Kier molecular flexibility index (Phi) is 6.22.